The fourth-order valence-electron chi connectivity index (χ4n) is 2.66. The number of hydrogen-bond donors (Lipinski definition) is 1. The summed E-state index contributed by atoms with van der Waals surface area (Å²) in [5, 5.41) is 4.75. The van der Waals surface area contributed by atoms with Gasteiger partial charge in [0.05, 0.1) is 0 Å². The van der Waals surface area contributed by atoms with Crippen LogP contribution in [0.2, 0.25) is 0 Å². The Morgan fingerprint density at radius 3 is 2.76 bits per heavy atom. The zero-order valence-electron chi connectivity index (χ0n) is 11.3. The van der Waals surface area contributed by atoms with E-state index in [1.807, 2.05) is 11.8 Å². The highest BCUT2D eigenvalue weighted by Gasteiger charge is 2.30. The van der Waals surface area contributed by atoms with E-state index in [-0.39, 0.29) is 5.54 Å². The minimum atomic E-state index is 0.286. The van der Waals surface area contributed by atoms with Crippen molar-refractivity contribution >= 4 is 16.9 Å². The van der Waals surface area contributed by atoms with Crippen LogP contribution in [0.15, 0.2) is 4.99 Å². The molecule has 2 nitrogen and oxygen atoms in total. The van der Waals surface area contributed by atoms with Crippen molar-refractivity contribution in [2.24, 2.45) is 10.9 Å². The van der Waals surface area contributed by atoms with E-state index in [0.717, 1.165) is 12.5 Å². The first-order chi connectivity index (χ1) is 8.22. The molecule has 0 spiro atoms. The van der Waals surface area contributed by atoms with E-state index in [0.29, 0.717) is 0 Å². The molecule has 1 N–H and O–H groups in total. The second-order valence-electron chi connectivity index (χ2n) is 5.81. The molecule has 1 unspecified atom stereocenters. The number of hydrogen-bond acceptors (Lipinski definition) is 2. The Morgan fingerprint density at radius 1 is 1.35 bits per heavy atom. The molecule has 1 saturated heterocycles. The van der Waals surface area contributed by atoms with Gasteiger partial charge >= 0.3 is 0 Å². The highest BCUT2D eigenvalue weighted by Crippen LogP contribution is 2.27. The average molecular weight is 254 g/mol. The molecular weight excluding hydrogens is 228 g/mol. The Bertz CT molecular complexity index is 271. The number of amidine groups is 1. The highest BCUT2D eigenvalue weighted by atomic mass is 32.2. The van der Waals surface area contributed by atoms with Gasteiger partial charge in [0.15, 0.2) is 5.17 Å². The number of aliphatic imine (C=N–C) groups is 1. The summed E-state index contributed by atoms with van der Waals surface area (Å²) in [4.78, 5) is 4.73. The Hall–Kier alpha value is -0.180. The molecule has 0 radical (unpaired) electrons. The van der Waals surface area contributed by atoms with Crippen molar-refractivity contribution in [2.75, 3.05) is 12.3 Å². The molecule has 3 heteroatoms. The van der Waals surface area contributed by atoms with E-state index in [2.05, 4.69) is 19.2 Å². The maximum atomic E-state index is 4.73. The van der Waals surface area contributed by atoms with E-state index in [1.165, 1.54) is 55.9 Å². The van der Waals surface area contributed by atoms with Crippen LogP contribution in [-0.4, -0.2) is 23.0 Å². The van der Waals surface area contributed by atoms with Crippen molar-refractivity contribution in [3.63, 3.8) is 0 Å². The highest BCUT2D eigenvalue weighted by molar-refractivity contribution is 8.14. The number of thioether (sulfide) groups is 1. The summed E-state index contributed by atoms with van der Waals surface area (Å²) in [6.07, 6.45) is 9.72. The van der Waals surface area contributed by atoms with Gasteiger partial charge < -0.3 is 5.32 Å². The standard InChI is InChI=1S/C14H26N2S/c1-3-14(2)11-17-13(16-14)15-10-9-12-7-5-4-6-8-12/h12H,3-11H2,1-2H3,(H,15,16). The molecule has 1 heterocycles. The Kier molecular flexibility index (Phi) is 4.78. The van der Waals surface area contributed by atoms with E-state index in [1.54, 1.807) is 0 Å². The van der Waals surface area contributed by atoms with Crippen molar-refractivity contribution in [3.05, 3.63) is 0 Å². The van der Waals surface area contributed by atoms with Gasteiger partial charge in [0, 0.05) is 17.8 Å². The van der Waals surface area contributed by atoms with Crippen LogP contribution in [0.1, 0.15) is 58.8 Å². The summed E-state index contributed by atoms with van der Waals surface area (Å²) in [5.74, 6) is 2.13. The van der Waals surface area contributed by atoms with Gasteiger partial charge in [-0.05, 0) is 25.7 Å². The molecule has 0 aromatic carbocycles. The average Bonchev–Trinajstić information content (AvgIpc) is 2.74. The topological polar surface area (TPSA) is 24.4 Å². The summed E-state index contributed by atoms with van der Waals surface area (Å²) in [5.41, 5.74) is 0.286. The third kappa shape index (κ3) is 3.90. The van der Waals surface area contributed by atoms with Crippen molar-refractivity contribution in [1.82, 2.24) is 5.32 Å². The van der Waals surface area contributed by atoms with Gasteiger partial charge in [0.25, 0.3) is 0 Å². The minimum Gasteiger partial charge on any atom is -0.359 e. The molecule has 1 saturated carbocycles. The number of rotatable bonds is 4. The van der Waals surface area contributed by atoms with E-state index < -0.39 is 0 Å². The summed E-state index contributed by atoms with van der Waals surface area (Å²) in [6.45, 7) is 5.57. The molecule has 2 fully saturated rings. The predicted molar refractivity (Wildman–Crippen MR) is 77.8 cm³/mol. The van der Waals surface area contributed by atoms with Gasteiger partial charge in [0.1, 0.15) is 0 Å². The van der Waals surface area contributed by atoms with Gasteiger partial charge in [0.2, 0.25) is 0 Å². The minimum absolute atomic E-state index is 0.286. The van der Waals surface area contributed by atoms with E-state index in [4.69, 9.17) is 4.99 Å². The second kappa shape index (κ2) is 6.12. The SMILES string of the molecule is CCC1(C)CSC(=NCCC2CCCCC2)N1. The fourth-order valence-corrected chi connectivity index (χ4v) is 3.89. The Balaban J connectivity index is 1.70. The lowest BCUT2D eigenvalue weighted by molar-refractivity contribution is 0.343. The lowest BCUT2D eigenvalue weighted by atomic mass is 9.87. The molecule has 2 aliphatic rings. The quantitative estimate of drug-likeness (QED) is 0.825. The van der Waals surface area contributed by atoms with Crippen LogP contribution in [0.25, 0.3) is 0 Å². The molecule has 98 valence electrons. The molecular formula is C14H26N2S. The summed E-state index contributed by atoms with van der Waals surface area (Å²) < 4.78 is 0. The molecule has 2 rings (SSSR count). The number of nitrogens with zero attached hydrogens (tertiary/aromatic N) is 1. The Morgan fingerprint density at radius 2 is 2.12 bits per heavy atom. The van der Waals surface area contributed by atoms with Crippen LogP contribution in [0.4, 0.5) is 0 Å². The van der Waals surface area contributed by atoms with Crippen molar-refractivity contribution in [2.45, 2.75) is 64.3 Å². The van der Waals surface area contributed by atoms with E-state index >= 15 is 0 Å². The molecule has 0 aromatic heterocycles. The summed E-state index contributed by atoms with van der Waals surface area (Å²) in [6, 6.07) is 0. The first-order valence-corrected chi connectivity index (χ1v) is 8.16. The first-order valence-electron chi connectivity index (χ1n) is 7.17. The predicted octanol–water partition coefficient (Wildman–Crippen LogP) is 3.82. The van der Waals surface area contributed by atoms with Gasteiger partial charge in [-0.2, -0.15) is 0 Å². The molecule has 0 bridgehead atoms. The van der Waals surface area contributed by atoms with Crippen LogP contribution in [0.3, 0.4) is 0 Å². The van der Waals surface area contributed by atoms with Crippen molar-refractivity contribution in [3.8, 4) is 0 Å². The summed E-state index contributed by atoms with van der Waals surface area (Å²) in [7, 11) is 0. The zero-order valence-corrected chi connectivity index (χ0v) is 12.1. The van der Waals surface area contributed by atoms with Gasteiger partial charge in [-0.1, -0.05) is 50.8 Å². The van der Waals surface area contributed by atoms with Crippen LogP contribution in [0.5, 0.6) is 0 Å². The third-order valence-corrected chi connectivity index (χ3v) is 5.52. The maximum absolute atomic E-state index is 4.73. The lowest BCUT2D eigenvalue weighted by Crippen LogP contribution is -2.39. The largest absolute Gasteiger partial charge is 0.359 e. The Labute approximate surface area is 110 Å². The maximum Gasteiger partial charge on any atom is 0.157 e. The van der Waals surface area contributed by atoms with Crippen LogP contribution in [0, 0.1) is 5.92 Å². The van der Waals surface area contributed by atoms with Crippen molar-refractivity contribution < 1.29 is 0 Å². The van der Waals surface area contributed by atoms with E-state index in [9.17, 15) is 0 Å². The van der Waals surface area contributed by atoms with Crippen LogP contribution >= 0.6 is 11.8 Å². The fraction of sp³-hybridized carbons (Fsp3) is 0.929. The molecule has 0 aromatic rings. The lowest BCUT2D eigenvalue weighted by Gasteiger charge is -2.21. The smallest absolute Gasteiger partial charge is 0.157 e. The van der Waals surface area contributed by atoms with Gasteiger partial charge in [-0.3, -0.25) is 4.99 Å². The monoisotopic (exact) mass is 254 g/mol. The number of nitrogens with one attached hydrogen (secondary N) is 1. The molecule has 1 aliphatic heterocycles. The van der Waals surface area contributed by atoms with Crippen molar-refractivity contribution in [1.29, 1.82) is 0 Å². The molecule has 0 amide bonds. The third-order valence-electron chi connectivity index (χ3n) is 4.23. The summed E-state index contributed by atoms with van der Waals surface area (Å²) >= 11 is 1.90. The zero-order chi connectivity index (χ0) is 12.1. The van der Waals surface area contributed by atoms with Crippen LogP contribution in [-0.2, 0) is 0 Å². The normalized spacial score (nSPS) is 32.9. The second-order valence-corrected chi connectivity index (χ2v) is 6.77. The van der Waals surface area contributed by atoms with Gasteiger partial charge in [-0.25, -0.2) is 0 Å². The van der Waals surface area contributed by atoms with Gasteiger partial charge in [-0.15, -0.1) is 0 Å². The molecule has 1 aliphatic carbocycles. The first kappa shape index (κ1) is 13.3. The molecule has 17 heavy (non-hydrogen) atoms. The van der Waals surface area contributed by atoms with Crippen LogP contribution < -0.4 is 5.32 Å². The molecule has 1 atom stereocenters.